The SMILES string of the molecule is O=C(Cn1c(Cc2ccccc2)nn(-c2ccccc2Cl)c1=O)N1CCCC1. The molecule has 2 aromatic carbocycles. The molecule has 0 saturated carbocycles. The van der Waals surface area contributed by atoms with E-state index in [0.29, 0.717) is 23.0 Å². The topological polar surface area (TPSA) is 60.1 Å². The van der Waals surface area contributed by atoms with Gasteiger partial charge in [0.15, 0.2) is 0 Å². The molecule has 1 aliphatic rings. The molecule has 0 N–H and O–H groups in total. The Morgan fingerprint density at radius 2 is 1.68 bits per heavy atom. The van der Waals surface area contributed by atoms with Crippen LogP contribution in [0.2, 0.25) is 5.02 Å². The average molecular weight is 397 g/mol. The van der Waals surface area contributed by atoms with Gasteiger partial charge in [0.2, 0.25) is 5.91 Å². The second-order valence-electron chi connectivity index (χ2n) is 6.90. The Morgan fingerprint density at radius 1 is 1.00 bits per heavy atom. The number of carbonyl (C=O) groups is 1. The van der Waals surface area contributed by atoms with Gasteiger partial charge in [0.25, 0.3) is 0 Å². The molecule has 0 aliphatic carbocycles. The highest BCUT2D eigenvalue weighted by atomic mass is 35.5. The Labute approximate surface area is 168 Å². The van der Waals surface area contributed by atoms with E-state index in [1.807, 2.05) is 35.2 Å². The molecule has 0 spiro atoms. The highest BCUT2D eigenvalue weighted by Crippen LogP contribution is 2.18. The van der Waals surface area contributed by atoms with Crippen molar-refractivity contribution in [2.45, 2.75) is 25.8 Å². The highest BCUT2D eigenvalue weighted by molar-refractivity contribution is 6.32. The number of nitrogens with zero attached hydrogens (tertiary/aromatic N) is 4. The first-order valence-corrected chi connectivity index (χ1v) is 9.76. The minimum Gasteiger partial charge on any atom is -0.341 e. The fourth-order valence-corrected chi connectivity index (χ4v) is 3.70. The van der Waals surface area contributed by atoms with Crippen LogP contribution in [0.4, 0.5) is 0 Å². The Balaban J connectivity index is 1.74. The van der Waals surface area contributed by atoms with Gasteiger partial charge in [-0.1, -0.05) is 54.1 Å². The molecule has 1 saturated heterocycles. The van der Waals surface area contributed by atoms with Crippen LogP contribution < -0.4 is 5.69 Å². The van der Waals surface area contributed by atoms with Gasteiger partial charge in [-0.05, 0) is 30.5 Å². The molecule has 1 amide bonds. The molecule has 1 fully saturated rings. The molecular weight excluding hydrogens is 376 g/mol. The first-order chi connectivity index (χ1) is 13.6. The molecule has 1 aliphatic heterocycles. The summed E-state index contributed by atoms with van der Waals surface area (Å²) in [6.07, 6.45) is 2.48. The van der Waals surface area contributed by atoms with Crippen LogP contribution in [0.25, 0.3) is 5.69 Å². The second-order valence-corrected chi connectivity index (χ2v) is 7.31. The van der Waals surface area contributed by atoms with E-state index in [2.05, 4.69) is 5.10 Å². The molecule has 7 heteroatoms. The molecule has 2 heterocycles. The predicted octanol–water partition coefficient (Wildman–Crippen LogP) is 2.90. The molecule has 0 unspecified atom stereocenters. The van der Waals surface area contributed by atoms with Crippen molar-refractivity contribution < 1.29 is 4.79 Å². The number of amides is 1. The molecule has 28 heavy (non-hydrogen) atoms. The predicted molar refractivity (Wildman–Crippen MR) is 108 cm³/mol. The minimum absolute atomic E-state index is 0.00848. The first kappa shape index (κ1) is 18.5. The first-order valence-electron chi connectivity index (χ1n) is 9.39. The van der Waals surface area contributed by atoms with Crippen LogP contribution in [0, 0.1) is 0 Å². The Bertz CT molecular complexity index is 1040. The number of aromatic nitrogens is 3. The van der Waals surface area contributed by atoms with E-state index >= 15 is 0 Å². The lowest BCUT2D eigenvalue weighted by atomic mass is 10.1. The van der Waals surface area contributed by atoms with E-state index in [0.717, 1.165) is 31.5 Å². The Kier molecular flexibility index (Phi) is 5.30. The quantitative estimate of drug-likeness (QED) is 0.666. The van der Waals surface area contributed by atoms with Crippen LogP contribution >= 0.6 is 11.6 Å². The summed E-state index contributed by atoms with van der Waals surface area (Å²) in [4.78, 5) is 27.6. The molecule has 144 valence electrons. The lowest BCUT2D eigenvalue weighted by molar-refractivity contribution is -0.130. The van der Waals surface area contributed by atoms with Gasteiger partial charge < -0.3 is 4.90 Å². The second kappa shape index (κ2) is 8.02. The molecule has 1 aromatic heterocycles. The number of carbonyl (C=O) groups excluding carboxylic acids is 1. The number of likely N-dealkylation sites (tertiary alicyclic amines) is 1. The third-order valence-electron chi connectivity index (χ3n) is 4.98. The van der Waals surface area contributed by atoms with E-state index in [1.54, 1.807) is 24.3 Å². The van der Waals surface area contributed by atoms with Gasteiger partial charge in [0, 0.05) is 19.5 Å². The van der Waals surface area contributed by atoms with Crippen LogP contribution in [0.15, 0.2) is 59.4 Å². The van der Waals surface area contributed by atoms with Gasteiger partial charge in [0.05, 0.1) is 10.7 Å². The van der Waals surface area contributed by atoms with Crippen molar-refractivity contribution in [1.29, 1.82) is 0 Å². The van der Waals surface area contributed by atoms with Crippen molar-refractivity contribution in [3.05, 3.63) is 81.5 Å². The van der Waals surface area contributed by atoms with Crippen molar-refractivity contribution >= 4 is 17.5 Å². The zero-order valence-electron chi connectivity index (χ0n) is 15.4. The van der Waals surface area contributed by atoms with Gasteiger partial charge in [-0.2, -0.15) is 4.68 Å². The zero-order chi connectivity index (χ0) is 19.5. The summed E-state index contributed by atoms with van der Waals surface area (Å²) < 4.78 is 2.76. The number of halogens is 1. The number of rotatable bonds is 5. The van der Waals surface area contributed by atoms with Gasteiger partial charge in [-0.3, -0.25) is 9.36 Å². The summed E-state index contributed by atoms with van der Waals surface area (Å²) in [6.45, 7) is 1.49. The van der Waals surface area contributed by atoms with Crippen LogP contribution in [0.1, 0.15) is 24.2 Å². The highest BCUT2D eigenvalue weighted by Gasteiger charge is 2.23. The van der Waals surface area contributed by atoms with E-state index in [4.69, 9.17) is 11.6 Å². The summed E-state index contributed by atoms with van der Waals surface area (Å²) in [7, 11) is 0. The fraction of sp³-hybridized carbons (Fsp3) is 0.286. The van der Waals surface area contributed by atoms with Crippen molar-refractivity contribution in [1.82, 2.24) is 19.2 Å². The third-order valence-corrected chi connectivity index (χ3v) is 5.30. The maximum absolute atomic E-state index is 13.1. The number of para-hydroxylation sites is 1. The van der Waals surface area contributed by atoms with Gasteiger partial charge in [0.1, 0.15) is 12.4 Å². The number of hydrogen-bond acceptors (Lipinski definition) is 3. The lowest BCUT2D eigenvalue weighted by Crippen LogP contribution is -2.35. The zero-order valence-corrected chi connectivity index (χ0v) is 16.2. The van der Waals surface area contributed by atoms with E-state index in [9.17, 15) is 9.59 Å². The smallest absolute Gasteiger partial charge is 0.341 e. The average Bonchev–Trinajstić information content (AvgIpc) is 3.34. The van der Waals surface area contributed by atoms with Crippen molar-refractivity contribution in [3.8, 4) is 5.69 Å². The van der Waals surface area contributed by atoms with Gasteiger partial charge in [-0.25, -0.2) is 4.79 Å². The maximum atomic E-state index is 13.1. The van der Waals surface area contributed by atoms with E-state index in [1.165, 1.54) is 9.25 Å². The van der Waals surface area contributed by atoms with E-state index < -0.39 is 0 Å². The van der Waals surface area contributed by atoms with Crippen molar-refractivity contribution in [2.24, 2.45) is 0 Å². The normalized spacial score (nSPS) is 13.8. The standard InChI is InChI=1S/C21H21ClN4O2/c22-17-10-4-5-11-18(17)26-21(28)25(15-20(27)24-12-6-7-13-24)19(23-26)14-16-8-2-1-3-9-16/h1-5,8-11H,6-7,12-15H2. The maximum Gasteiger partial charge on any atom is 0.351 e. The fourth-order valence-electron chi connectivity index (χ4n) is 3.49. The summed E-state index contributed by atoms with van der Waals surface area (Å²) in [6, 6.07) is 16.8. The van der Waals surface area contributed by atoms with Crippen LogP contribution in [0.3, 0.4) is 0 Å². The summed E-state index contributed by atoms with van der Waals surface area (Å²) in [5, 5.41) is 4.96. The Morgan fingerprint density at radius 3 is 2.39 bits per heavy atom. The molecular formula is C21H21ClN4O2. The molecule has 0 atom stereocenters. The number of hydrogen-bond donors (Lipinski definition) is 0. The van der Waals surface area contributed by atoms with Crippen LogP contribution in [-0.2, 0) is 17.8 Å². The third kappa shape index (κ3) is 3.73. The lowest BCUT2D eigenvalue weighted by Gasteiger charge is -2.15. The van der Waals surface area contributed by atoms with Gasteiger partial charge >= 0.3 is 5.69 Å². The summed E-state index contributed by atoms with van der Waals surface area (Å²) in [5.74, 6) is 0.497. The van der Waals surface area contributed by atoms with Crippen molar-refractivity contribution in [2.75, 3.05) is 13.1 Å². The van der Waals surface area contributed by atoms with E-state index in [-0.39, 0.29) is 18.1 Å². The monoisotopic (exact) mass is 396 g/mol. The molecule has 6 nitrogen and oxygen atoms in total. The molecule has 3 aromatic rings. The molecule has 0 radical (unpaired) electrons. The molecule has 0 bridgehead atoms. The molecule has 4 rings (SSSR count). The summed E-state index contributed by atoms with van der Waals surface area (Å²) >= 11 is 6.28. The van der Waals surface area contributed by atoms with Crippen LogP contribution in [0.5, 0.6) is 0 Å². The largest absolute Gasteiger partial charge is 0.351 e. The van der Waals surface area contributed by atoms with Gasteiger partial charge in [-0.15, -0.1) is 5.10 Å². The summed E-state index contributed by atoms with van der Waals surface area (Å²) in [5.41, 5.74) is 1.18. The van der Waals surface area contributed by atoms with Crippen molar-refractivity contribution in [3.63, 3.8) is 0 Å². The Hall–Kier alpha value is -2.86. The number of benzene rings is 2. The minimum atomic E-state index is -0.355. The van der Waals surface area contributed by atoms with Crippen LogP contribution in [-0.4, -0.2) is 38.2 Å².